The van der Waals surface area contributed by atoms with Crippen LogP contribution in [0.4, 0.5) is 4.39 Å². The molecule has 0 saturated heterocycles. The van der Waals surface area contributed by atoms with E-state index in [1.54, 1.807) is 6.07 Å². The molecule has 2 aromatic carbocycles. The van der Waals surface area contributed by atoms with Crippen molar-refractivity contribution in [2.24, 2.45) is 0 Å². The molecule has 1 amide bonds. The molecule has 4 heteroatoms. The predicted octanol–water partition coefficient (Wildman–Crippen LogP) is 4.03. The highest BCUT2D eigenvalue weighted by atomic mass is 19.1. The monoisotopic (exact) mass is 315 g/mol. The van der Waals surface area contributed by atoms with E-state index < -0.39 is 0 Å². The number of ether oxygens (including phenoxy) is 1. The lowest BCUT2D eigenvalue weighted by Gasteiger charge is -2.15. The van der Waals surface area contributed by atoms with E-state index in [4.69, 9.17) is 4.74 Å². The topological polar surface area (TPSA) is 38.3 Å². The van der Waals surface area contributed by atoms with Gasteiger partial charge in [0, 0.05) is 6.42 Å². The number of carbonyl (C=O) groups is 1. The average Bonchev–Trinajstić information content (AvgIpc) is 2.54. The maximum Gasteiger partial charge on any atom is 0.220 e. The Labute approximate surface area is 136 Å². The smallest absolute Gasteiger partial charge is 0.220 e. The minimum Gasteiger partial charge on any atom is -0.494 e. The van der Waals surface area contributed by atoms with Gasteiger partial charge in [0.1, 0.15) is 11.6 Å². The normalized spacial score (nSPS) is 11.8. The third-order valence-corrected chi connectivity index (χ3v) is 3.60. The van der Waals surface area contributed by atoms with Crippen LogP contribution in [0, 0.1) is 5.82 Å². The van der Waals surface area contributed by atoms with Crippen molar-refractivity contribution < 1.29 is 13.9 Å². The summed E-state index contributed by atoms with van der Waals surface area (Å²) < 4.78 is 18.5. The van der Waals surface area contributed by atoms with Crippen molar-refractivity contribution in [1.82, 2.24) is 5.32 Å². The summed E-state index contributed by atoms with van der Waals surface area (Å²) in [6.07, 6.45) is 0.865. The molecule has 0 aliphatic carbocycles. The summed E-state index contributed by atoms with van der Waals surface area (Å²) in [4.78, 5) is 12.0. The summed E-state index contributed by atoms with van der Waals surface area (Å²) in [6, 6.07) is 14.0. The van der Waals surface area contributed by atoms with Crippen LogP contribution in [0.2, 0.25) is 0 Å². The highest BCUT2D eigenvalue weighted by Gasteiger charge is 2.10. The molecular formula is C19H22FNO2. The Kier molecular flexibility index (Phi) is 6.15. The maximum absolute atomic E-state index is 13.1. The molecule has 0 aliphatic heterocycles. The van der Waals surface area contributed by atoms with Gasteiger partial charge in [-0.25, -0.2) is 4.39 Å². The summed E-state index contributed by atoms with van der Waals surface area (Å²) in [7, 11) is 0. The van der Waals surface area contributed by atoms with Crippen molar-refractivity contribution in [1.29, 1.82) is 0 Å². The fourth-order valence-corrected chi connectivity index (χ4v) is 2.37. The summed E-state index contributed by atoms with van der Waals surface area (Å²) in [5.41, 5.74) is 1.85. The zero-order valence-electron chi connectivity index (χ0n) is 13.5. The molecule has 1 unspecified atom stereocenters. The first-order valence-corrected chi connectivity index (χ1v) is 7.85. The van der Waals surface area contributed by atoms with Crippen LogP contribution in [0.1, 0.15) is 37.4 Å². The van der Waals surface area contributed by atoms with Crippen LogP contribution < -0.4 is 10.1 Å². The number of aryl methyl sites for hydroxylation is 1. The van der Waals surface area contributed by atoms with Gasteiger partial charge < -0.3 is 10.1 Å². The molecule has 0 aliphatic rings. The van der Waals surface area contributed by atoms with Crippen molar-refractivity contribution in [3.8, 4) is 5.75 Å². The molecule has 0 saturated carbocycles. The molecule has 0 fully saturated rings. The number of carbonyl (C=O) groups excluding carboxylic acids is 1. The largest absolute Gasteiger partial charge is 0.494 e. The second-order valence-electron chi connectivity index (χ2n) is 5.42. The van der Waals surface area contributed by atoms with Gasteiger partial charge in [-0.1, -0.05) is 24.3 Å². The molecule has 0 aromatic heterocycles. The third kappa shape index (κ3) is 5.40. The second-order valence-corrected chi connectivity index (χ2v) is 5.42. The summed E-state index contributed by atoms with van der Waals surface area (Å²) in [6.45, 7) is 4.51. The third-order valence-electron chi connectivity index (χ3n) is 3.60. The SMILES string of the molecule is CCOc1ccc(C(C)NC(=O)CCc2cccc(F)c2)cc1. The first-order valence-electron chi connectivity index (χ1n) is 7.85. The van der Waals surface area contributed by atoms with Crippen LogP contribution in [0.5, 0.6) is 5.75 Å². The number of nitrogens with one attached hydrogen (secondary N) is 1. The summed E-state index contributed by atoms with van der Waals surface area (Å²) in [5.74, 6) is 0.502. The maximum atomic E-state index is 13.1. The first kappa shape index (κ1) is 17.0. The average molecular weight is 315 g/mol. The molecule has 3 nitrogen and oxygen atoms in total. The highest BCUT2D eigenvalue weighted by molar-refractivity contribution is 5.76. The quantitative estimate of drug-likeness (QED) is 0.837. The lowest BCUT2D eigenvalue weighted by Crippen LogP contribution is -2.26. The molecule has 1 N–H and O–H groups in total. The predicted molar refractivity (Wildman–Crippen MR) is 88.9 cm³/mol. The van der Waals surface area contributed by atoms with Crippen LogP contribution in [-0.2, 0) is 11.2 Å². The van der Waals surface area contributed by atoms with E-state index in [0.29, 0.717) is 19.4 Å². The van der Waals surface area contributed by atoms with Gasteiger partial charge in [-0.05, 0) is 55.7 Å². The zero-order chi connectivity index (χ0) is 16.7. The molecule has 2 rings (SSSR count). The Morgan fingerprint density at radius 2 is 1.96 bits per heavy atom. The minimum atomic E-state index is -0.273. The van der Waals surface area contributed by atoms with E-state index in [9.17, 15) is 9.18 Å². The number of halogens is 1. The van der Waals surface area contributed by atoms with Gasteiger partial charge in [-0.3, -0.25) is 4.79 Å². The lowest BCUT2D eigenvalue weighted by molar-refractivity contribution is -0.121. The minimum absolute atomic E-state index is 0.0457. The van der Waals surface area contributed by atoms with E-state index in [0.717, 1.165) is 16.9 Å². The summed E-state index contributed by atoms with van der Waals surface area (Å²) >= 11 is 0. The van der Waals surface area contributed by atoms with Gasteiger partial charge in [0.25, 0.3) is 0 Å². The van der Waals surface area contributed by atoms with Crippen LogP contribution in [0.15, 0.2) is 48.5 Å². The Hall–Kier alpha value is -2.36. The number of hydrogen-bond donors (Lipinski definition) is 1. The molecule has 1 atom stereocenters. The van der Waals surface area contributed by atoms with E-state index in [2.05, 4.69) is 5.32 Å². The lowest BCUT2D eigenvalue weighted by atomic mass is 10.1. The Balaban J connectivity index is 1.84. The van der Waals surface area contributed by atoms with Crippen LogP contribution in [0.25, 0.3) is 0 Å². The van der Waals surface area contributed by atoms with Gasteiger partial charge in [-0.15, -0.1) is 0 Å². The standard InChI is InChI=1S/C19H22FNO2/c1-3-23-18-10-8-16(9-11-18)14(2)21-19(22)12-7-15-5-4-6-17(20)13-15/h4-6,8-11,13-14H,3,7,12H2,1-2H3,(H,21,22). The van der Waals surface area contributed by atoms with Crippen molar-refractivity contribution >= 4 is 5.91 Å². The molecule has 2 aromatic rings. The number of benzene rings is 2. The highest BCUT2D eigenvalue weighted by Crippen LogP contribution is 2.18. The van der Waals surface area contributed by atoms with Crippen molar-refractivity contribution in [2.45, 2.75) is 32.7 Å². The van der Waals surface area contributed by atoms with Crippen LogP contribution >= 0.6 is 0 Å². The van der Waals surface area contributed by atoms with E-state index in [-0.39, 0.29) is 17.8 Å². The molecule has 0 radical (unpaired) electrons. The Morgan fingerprint density at radius 3 is 2.61 bits per heavy atom. The molecule has 23 heavy (non-hydrogen) atoms. The van der Waals surface area contributed by atoms with Gasteiger partial charge in [0.15, 0.2) is 0 Å². The van der Waals surface area contributed by atoms with Gasteiger partial charge in [0.2, 0.25) is 5.91 Å². The van der Waals surface area contributed by atoms with Crippen molar-refractivity contribution in [3.63, 3.8) is 0 Å². The molecule has 122 valence electrons. The first-order chi connectivity index (χ1) is 11.1. The van der Waals surface area contributed by atoms with Gasteiger partial charge in [0.05, 0.1) is 12.6 Å². The van der Waals surface area contributed by atoms with Crippen molar-refractivity contribution in [3.05, 3.63) is 65.5 Å². The Morgan fingerprint density at radius 1 is 1.22 bits per heavy atom. The Bertz CT molecular complexity index is 640. The molecular weight excluding hydrogens is 293 g/mol. The van der Waals surface area contributed by atoms with E-state index in [1.165, 1.54) is 12.1 Å². The second kappa shape index (κ2) is 8.32. The molecule has 0 heterocycles. The van der Waals surface area contributed by atoms with Crippen LogP contribution in [0.3, 0.4) is 0 Å². The number of hydrogen-bond acceptors (Lipinski definition) is 2. The zero-order valence-corrected chi connectivity index (χ0v) is 13.5. The number of rotatable bonds is 7. The summed E-state index contributed by atoms with van der Waals surface area (Å²) in [5, 5.41) is 2.96. The van der Waals surface area contributed by atoms with Crippen molar-refractivity contribution in [2.75, 3.05) is 6.61 Å². The number of amides is 1. The van der Waals surface area contributed by atoms with E-state index in [1.807, 2.05) is 44.2 Å². The fraction of sp³-hybridized carbons (Fsp3) is 0.316. The molecule has 0 spiro atoms. The van der Waals surface area contributed by atoms with E-state index >= 15 is 0 Å². The molecule has 0 bridgehead atoms. The van der Waals surface area contributed by atoms with Gasteiger partial charge in [-0.2, -0.15) is 0 Å². The fourth-order valence-electron chi connectivity index (χ4n) is 2.37. The van der Waals surface area contributed by atoms with Crippen LogP contribution in [-0.4, -0.2) is 12.5 Å². The van der Waals surface area contributed by atoms with Gasteiger partial charge >= 0.3 is 0 Å².